The third-order valence-corrected chi connectivity index (χ3v) is 16.8. The number of ether oxygens (including phenoxy) is 4. The van der Waals surface area contributed by atoms with Crippen molar-refractivity contribution in [3.05, 3.63) is 0 Å². The lowest BCUT2D eigenvalue weighted by molar-refractivity contribution is -0.160. The molecule has 4 aliphatic rings. The molecule has 0 amide bonds. The second kappa shape index (κ2) is 17.1. The highest BCUT2D eigenvalue weighted by Gasteiger charge is 2.53. The average Bonchev–Trinajstić information content (AvgIpc) is 3.58. The van der Waals surface area contributed by atoms with Crippen LogP contribution in [0.2, 0.25) is 0 Å². The van der Waals surface area contributed by atoms with Crippen molar-refractivity contribution < 1.29 is 38.1 Å². The van der Waals surface area contributed by atoms with Crippen LogP contribution in [0.1, 0.15) is 148 Å². The van der Waals surface area contributed by atoms with E-state index in [0.717, 1.165) is 32.2 Å². The van der Waals surface area contributed by atoms with Crippen molar-refractivity contribution in [3.8, 4) is 0 Å². The molecule has 4 heterocycles. The molecule has 4 unspecified atom stereocenters. The minimum absolute atomic E-state index is 0.0220. The topological polar surface area (TPSA) is 118 Å². The Hall–Kier alpha value is -2.28. The van der Waals surface area contributed by atoms with Crippen LogP contribution in [0.25, 0.3) is 0 Å². The summed E-state index contributed by atoms with van der Waals surface area (Å²) < 4.78 is 24.1. The maximum atomic E-state index is 14.1. The van der Waals surface area contributed by atoms with Gasteiger partial charge in [-0.3, -0.25) is 33.9 Å². The molecule has 12 heteroatoms. The zero-order valence-electron chi connectivity index (χ0n) is 40.6. The van der Waals surface area contributed by atoms with Crippen LogP contribution in [0.15, 0.2) is 0 Å². The molecule has 0 radical (unpaired) electrons. The average molecular weight is 833 g/mol. The van der Waals surface area contributed by atoms with E-state index in [2.05, 4.69) is 145 Å². The summed E-state index contributed by atoms with van der Waals surface area (Å²) in [5, 5.41) is 0. The van der Waals surface area contributed by atoms with Crippen LogP contribution in [-0.2, 0) is 38.1 Å². The maximum Gasteiger partial charge on any atom is 0.306 e. The largest absolute Gasteiger partial charge is 0.465 e. The van der Waals surface area contributed by atoms with Gasteiger partial charge in [0.05, 0.1) is 52.1 Å². The first kappa shape index (κ1) is 49.4. The number of rotatable bonds is 16. The lowest BCUT2D eigenvalue weighted by atomic mass is 9.75. The van der Waals surface area contributed by atoms with Crippen LogP contribution >= 0.6 is 0 Å². The number of nitrogens with zero attached hydrogens (tertiary/aromatic N) is 4. The molecule has 0 aliphatic carbocycles. The minimum Gasteiger partial charge on any atom is -0.465 e. The second-order valence-corrected chi connectivity index (χ2v) is 23.5. The van der Waals surface area contributed by atoms with E-state index in [-0.39, 0.29) is 115 Å². The van der Waals surface area contributed by atoms with E-state index in [9.17, 15) is 19.2 Å². The molecule has 340 valence electrons. The summed E-state index contributed by atoms with van der Waals surface area (Å²) in [6, 6.07) is 0. The van der Waals surface area contributed by atoms with Crippen LogP contribution in [0, 0.1) is 29.1 Å². The van der Waals surface area contributed by atoms with Crippen LogP contribution < -0.4 is 0 Å². The standard InChI is InChI=1S/C47H84N4O8/c1-40(2)19-32(27-48(40)15)28-56-36(52)23-47(24-37(53)57-29-33-20-41(3,4)49(16)44(33,9)10,25-38(54)58-30-34-21-42(5,6)50(17)45(34,11)12)26-39(55)59-31-35-22-43(7,8)51(18)46(35,13)14/h32-35H,19-31H2,1-18H3. The normalized spacial score (nSPS) is 30.5. The summed E-state index contributed by atoms with van der Waals surface area (Å²) in [4.78, 5) is 65.5. The summed E-state index contributed by atoms with van der Waals surface area (Å²) in [5.74, 6) is -1.95. The summed E-state index contributed by atoms with van der Waals surface area (Å²) >= 11 is 0. The molecule has 4 saturated heterocycles. The number of carbonyl (C=O) groups is 4. The monoisotopic (exact) mass is 833 g/mol. The quantitative estimate of drug-likeness (QED) is 0.118. The van der Waals surface area contributed by atoms with E-state index >= 15 is 0 Å². The Morgan fingerprint density at radius 2 is 0.712 bits per heavy atom. The van der Waals surface area contributed by atoms with Crippen molar-refractivity contribution in [2.75, 3.05) is 61.2 Å². The van der Waals surface area contributed by atoms with Crippen LogP contribution in [0.5, 0.6) is 0 Å². The lowest BCUT2D eigenvalue weighted by Gasteiger charge is -2.38. The first-order valence-electron chi connectivity index (χ1n) is 22.2. The Bertz CT molecular complexity index is 1410. The molecule has 0 aromatic rings. The zero-order chi connectivity index (χ0) is 44.9. The van der Waals surface area contributed by atoms with Crippen molar-refractivity contribution in [1.29, 1.82) is 0 Å². The predicted octanol–water partition coefficient (Wildman–Crippen LogP) is 6.96. The number of carbonyl (C=O) groups excluding carboxylic acids is 4. The minimum atomic E-state index is -1.49. The van der Waals surface area contributed by atoms with Crippen LogP contribution in [0.4, 0.5) is 0 Å². The van der Waals surface area contributed by atoms with E-state index in [1.54, 1.807) is 0 Å². The SMILES string of the molecule is CN1CC(COC(=O)CC(CC(=O)OCC2CC(C)(C)N(C)C2(C)C)(CC(=O)OCC2CC(C)(C)N(C)C2(C)C)CC(=O)OCC2CC(C)(C)N(C)C2(C)C)CC1(C)C. The van der Waals surface area contributed by atoms with Crippen molar-refractivity contribution in [3.63, 3.8) is 0 Å². The van der Waals surface area contributed by atoms with Crippen molar-refractivity contribution in [2.24, 2.45) is 29.1 Å². The van der Waals surface area contributed by atoms with Gasteiger partial charge in [-0.05, 0) is 151 Å². The fourth-order valence-electron chi connectivity index (χ4n) is 11.2. The zero-order valence-corrected chi connectivity index (χ0v) is 40.6. The van der Waals surface area contributed by atoms with Gasteiger partial charge in [-0.1, -0.05) is 0 Å². The van der Waals surface area contributed by atoms with Gasteiger partial charge >= 0.3 is 23.9 Å². The van der Waals surface area contributed by atoms with Crippen molar-refractivity contribution in [1.82, 2.24) is 19.6 Å². The van der Waals surface area contributed by atoms with Crippen molar-refractivity contribution >= 4 is 23.9 Å². The van der Waals surface area contributed by atoms with Gasteiger partial charge in [0, 0.05) is 74.4 Å². The molecule has 4 rings (SSSR count). The second-order valence-electron chi connectivity index (χ2n) is 23.5. The first-order chi connectivity index (χ1) is 26.7. The molecule has 0 bridgehead atoms. The smallest absolute Gasteiger partial charge is 0.306 e. The molecule has 0 aromatic carbocycles. The Morgan fingerprint density at radius 3 is 0.932 bits per heavy atom. The molecule has 0 aromatic heterocycles. The van der Waals surface area contributed by atoms with Gasteiger partial charge in [0.25, 0.3) is 0 Å². The summed E-state index contributed by atoms with van der Waals surface area (Å²) in [5.41, 5.74) is -2.44. The van der Waals surface area contributed by atoms with Gasteiger partial charge in [0.15, 0.2) is 0 Å². The van der Waals surface area contributed by atoms with Gasteiger partial charge in [0.2, 0.25) is 0 Å². The molecule has 12 nitrogen and oxygen atoms in total. The highest BCUT2D eigenvalue weighted by molar-refractivity contribution is 5.81. The van der Waals surface area contributed by atoms with Gasteiger partial charge < -0.3 is 23.8 Å². The number of hydrogen-bond acceptors (Lipinski definition) is 12. The summed E-state index contributed by atoms with van der Waals surface area (Å²) in [7, 11) is 8.35. The fraction of sp³-hybridized carbons (Fsp3) is 0.915. The Kier molecular flexibility index (Phi) is 14.3. The van der Waals surface area contributed by atoms with E-state index < -0.39 is 29.3 Å². The number of esters is 4. The van der Waals surface area contributed by atoms with E-state index in [4.69, 9.17) is 18.9 Å². The predicted molar refractivity (Wildman–Crippen MR) is 232 cm³/mol. The third kappa shape index (κ3) is 10.9. The van der Waals surface area contributed by atoms with E-state index in [1.165, 1.54) is 0 Å². The highest BCUT2D eigenvalue weighted by Crippen LogP contribution is 2.47. The molecule has 4 aliphatic heterocycles. The highest BCUT2D eigenvalue weighted by atomic mass is 16.5. The van der Waals surface area contributed by atoms with Gasteiger partial charge in [0.1, 0.15) is 0 Å². The molecule has 59 heavy (non-hydrogen) atoms. The fourth-order valence-corrected chi connectivity index (χ4v) is 11.2. The molecule has 0 saturated carbocycles. The maximum absolute atomic E-state index is 14.1. The third-order valence-electron chi connectivity index (χ3n) is 16.8. The Balaban J connectivity index is 1.60. The van der Waals surface area contributed by atoms with Gasteiger partial charge in [-0.25, -0.2) is 0 Å². The molecule has 4 atom stereocenters. The summed E-state index contributed by atoms with van der Waals surface area (Å²) in [6.45, 7) is 31.9. The van der Waals surface area contributed by atoms with Crippen LogP contribution in [0.3, 0.4) is 0 Å². The first-order valence-corrected chi connectivity index (χ1v) is 22.2. The van der Waals surface area contributed by atoms with E-state index in [1.807, 2.05) is 0 Å². The summed E-state index contributed by atoms with van der Waals surface area (Å²) in [6.07, 6.45) is 2.01. The van der Waals surface area contributed by atoms with E-state index in [0.29, 0.717) is 0 Å². The van der Waals surface area contributed by atoms with Crippen molar-refractivity contribution in [2.45, 2.75) is 187 Å². The molecular weight excluding hydrogens is 749 g/mol. The Labute approximate surface area is 358 Å². The molecule has 0 N–H and O–H groups in total. The number of likely N-dealkylation sites (tertiary alicyclic amines) is 4. The molecule has 4 fully saturated rings. The van der Waals surface area contributed by atoms with Crippen LogP contribution in [-0.4, -0.2) is 143 Å². The molecule has 0 spiro atoms. The Morgan fingerprint density at radius 1 is 0.441 bits per heavy atom. The molecular formula is C47H84N4O8. The van der Waals surface area contributed by atoms with Gasteiger partial charge in [-0.2, -0.15) is 0 Å². The lowest BCUT2D eigenvalue weighted by Crippen LogP contribution is -2.47. The van der Waals surface area contributed by atoms with Gasteiger partial charge in [-0.15, -0.1) is 0 Å². The number of hydrogen-bond donors (Lipinski definition) is 0.